The molecule has 3 aromatic rings. The standard InChI is InChI=1S/C20H24N6O/c1-10(2)19-25-15(16-18(21)23-6-7-26(16)19)14-8-11-4-5-12(9-13(11)24-14)17-20(22-3)27-17/h4-8,10,12,17,20,22,24H,9H2,1-3H3,(H2,21,23). The summed E-state index contributed by atoms with van der Waals surface area (Å²) in [5, 5.41) is 3.18. The molecule has 4 heterocycles. The van der Waals surface area contributed by atoms with E-state index >= 15 is 0 Å². The number of ether oxygens (including phenoxy) is 1. The number of rotatable bonds is 4. The van der Waals surface area contributed by atoms with Gasteiger partial charge in [-0.1, -0.05) is 26.0 Å². The summed E-state index contributed by atoms with van der Waals surface area (Å²) in [7, 11) is 1.93. The average Bonchev–Trinajstić information content (AvgIpc) is 3.15. The average molecular weight is 364 g/mol. The molecule has 3 atom stereocenters. The van der Waals surface area contributed by atoms with Crippen molar-refractivity contribution in [2.45, 2.75) is 38.5 Å². The van der Waals surface area contributed by atoms with Crippen LogP contribution < -0.4 is 11.1 Å². The Morgan fingerprint density at radius 3 is 3.00 bits per heavy atom. The maximum absolute atomic E-state index is 6.21. The Balaban J connectivity index is 1.55. The van der Waals surface area contributed by atoms with Gasteiger partial charge in [-0.15, -0.1) is 0 Å². The van der Waals surface area contributed by atoms with Gasteiger partial charge < -0.3 is 15.5 Å². The summed E-state index contributed by atoms with van der Waals surface area (Å²) in [6, 6.07) is 2.16. The van der Waals surface area contributed by atoms with Crippen LogP contribution in [0.3, 0.4) is 0 Å². The predicted octanol–water partition coefficient (Wildman–Crippen LogP) is 2.56. The van der Waals surface area contributed by atoms with E-state index in [4.69, 9.17) is 15.5 Å². The molecule has 5 rings (SSSR count). The number of anilines is 1. The topological polar surface area (TPSA) is 96.6 Å². The highest BCUT2D eigenvalue weighted by Gasteiger charge is 2.43. The van der Waals surface area contributed by atoms with Crippen LogP contribution in [0.2, 0.25) is 0 Å². The Hall–Kier alpha value is -2.64. The second-order valence-corrected chi connectivity index (χ2v) is 7.66. The zero-order valence-corrected chi connectivity index (χ0v) is 15.7. The SMILES string of the molecule is CNC1OC1C1C=Cc2cc(-c3nc(C(C)C)n4ccnc(N)c34)[nH]c2C1. The zero-order chi connectivity index (χ0) is 18.7. The van der Waals surface area contributed by atoms with Gasteiger partial charge in [0.15, 0.2) is 0 Å². The predicted molar refractivity (Wildman–Crippen MR) is 105 cm³/mol. The van der Waals surface area contributed by atoms with Crippen molar-refractivity contribution in [1.29, 1.82) is 0 Å². The van der Waals surface area contributed by atoms with E-state index < -0.39 is 0 Å². The van der Waals surface area contributed by atoms with Crippen molar-refractivity contribution in [3.63, 3.8) is 0 Å². The first-order valence-corrected chi connectivity index (χ1v) is 9.42. The summed E-state index contributed by atoms with van der Waals surface area (Å²) in [5.41, 5.74) is 11.3. The Bertz CT molecular complexity index is 1050. The first kappa shape index (κ1) is 16.5. The number of imidazole rings is 1. The fraction of sp³-hybridized carbons (Fsp3) is 0.400. The Labute approximate surface area is 157 Å². The number of hydrogen-bond acceptors (Lipinski definition) is 5. The molecule has 4 N–H and O–H groups in total. The molecule has 3 aromatic heterocycles. The molecule has 2 aliphatic rings. The second-order valence-electron chi connectivity index (χ2n) is 7.66. The number of nitrogen functional groups attached to an aromatic ring is 1. The minimum Gasteiger partial charge on any atom is -0.382 e. The normalized spacial score (nSPS) is 23.9. The number of nitrogens with one attached hydrogen (secondary N) is 2. The van der Waals surface area contributed by atoms with Crippen molar-refractivity contribution in [2.75, 3.05) is 12.8 Å². The van der Waals surface area contributed by atoms with Crippen LogP contribution in [0.4, 0.5) is 5.82 Å². The van der Waals surface area contributed by atoms with Gasteiger partial charge in [-0.2, -0.15) is 0 Å². The zero-order valence-electron chi connectivity index (χ0n) is 15.7. The van der Waals surface area contributed by atoms with Gasteiger partial charge in [0.05, 0.1) is 5.69 Å². The van der Waals surface area contributed by atoms with Gasteiger partial charge in [0.25, 0.3) is 0 Å². The first-order chi connectivity index (χ1) is 13.1. The van der Waals surface area contributed by atoms with Crippen molar-refractivity contribution in [3.8, 4) is 11.4 Å². The molecule has 1 aliphatic heterocycles. The maximum Gasteiger partial charge on any atom is 0.150 e. The number of epoxide rings is 1. The van der Waals surface area contributed by atoms with E-state index in [1.54, 1.807) is 6.20 Å². The molecule has 0 radical (unpaired) electrons. The van der Waals surface area contributed by atoms with Crippen molar-refractivity contribution < 1.29 is 4.74 Å². The Morgan fingerprint density at radius 1 is 1.41 bits per heavy atom. The lowest BCUT2D eigenvalue weighted by Crippen LogP contribution is -2.20. The molecular formula is C20H24N6O. The molecule has 0 amide bonds. The lowest BCUT2D eigenvalue weighted by molar-refractivity contribution is 0.326. The molecule has 0 spiro atoms. The van der Waals surface area contributed by atoms with E-state index in [2.05, 4.69) is 51.8 Å². The molecule has 7 nitrogen and oxygen atoms in total. The summed E-state index contributed by atoms with van der Waals surface area (Å²) in [6.07, 6.45) is 9.45. The fourth-order valence-electron chi connectivity index (χ4n) is 4.08. The molecule has 0 aromatic carbocycles. The molecule has 3 unspecified atom stereocenters. The number of hydrogen-bond donors (Lipinski definition) is 3. The summed E-state index contributed by atoms with van der Waals surface area (Å²) >= 11 is 0. The summed E-state index contributed by atoms with van der Waals surface area (Å²) < 4.78 is 7.75. The van der Waals surface area contributed by atoms with Crippen LogP contribution in [-0.4, -0.2) is 38.7 Å². The van der Waals surface area contributed by atoms with Gasteiger partial charge in [0.2, 0.25) is 0 Å². The van der Waals surface area contributed by atoms with Crippen molar-refractivity contribution in [1.82, 2.24) is 24.7 Å². The summed E-state index contributed by atoms with van der Waals surface area (Å²) in [5.74, 6) is 2.15. The first-order valence-electron chi connectivity index (χ1n) is 9.42. The van der Waals surface area contributed by atoms with E-state index in [-0.39, 0.29) is 18.2 Å². The third kappa shape index (κ3) is 2.57. The molecule has 1 aliphatic carbocycles. The van der Waals surface area contributed by atoms with E-state index in [1.807, 2.05) is 13.2 Å². The summed E-state index contributed by atoms with van der Waals surface area (Å²) in [4.78, 5) is 12.8. The minimum absolute atomic E-state index is 0.173. The number of aromatic amines is 1. The van der Waals surface area contributed by atoms with E-state index in [1.165, 1.54) is 11.3 Å². The van der Waals surface area contributed by atoms with Gasteiger partial charge in [-0.05, 0) is 25.1 Å². The van der Waals surface area contributed by atoms with Crippen LogP contribution in [0.1, 0.15) is 36.8 Å². The third-order valence-electron chi connectivity index (χ3n) is 5.51. The van der Waals surface area contributed by atoms with Crippen molar-refractivity contribution in [2.24, 2.45) is 5.92 Å². The van der Waals surface area contributed by atoms with Gasteiger partial charge in [0.1, 0.15) is 35.2 Å². The highest BCUT2D eigenvalue weighted by molar-refractivity contribution is 5.85. The highest BCUT2D eigenvalue weighted by atomic mass is 16.6. The molecule has 140 valence electrons. The number of nitrogens with zero attached hydrogens (tertiary/aromatic N) is 3. The largest absolute Gasteiger partial charge is 0.382 e. The number of likely N-dealkylation sites (N-methyl/N-ethyl adjacent to an activating group) is 1. The third-order valence-corrected chi connectivity index (χ3v) is 5.51. The van der Waals surface area contributed by atoms with E-state index in [0.717, 1.165) is 29.1 Å². The highest BCUT2D eigenvalue weighted by Crippen LogP contribution is 2.37. The number of H-pyrrole nitrogens is 1. The lowest BCUT2D eigenvalue weighted by atomic mass is 9.92. The maximum atomic E-state index is 6.21. The van der Waals surface area contributed by atoms with Crippen molar-refractivity contribution in [3.05, 3.63) is 41.6 Å². The molecule has 7 heteroatoms. The van der Waals surface area contributed by atoms with Crippen LogP contribution in [0, 0.1) is 5.92 Å². The van der Waals surface area contributed by atoms with Gasteiger partial charge in [-0.3, -0.25) is 9.72 Å². The molecular weight excluding hydrogens is 340 g/mol. The number of nitrogens with two attached hydrogens (primary N) is 1. The smallest absolute Gasteiger partial charge is 0.150 e. The monoisotopic (exact) mass is 364 g/mol. The number of aromatic nitrogens is 4. The molecule has 0 saturated carbocycles. The van der Waals surface area contributed by atoms with Gasteiger partial charge in [0, 0.05) is 29.9 Å². The van der Waals surface area contributed by atoms with Gasteiger partial charge in [-0.25, -0.2) is 9.97 Å². The Kier molecular flexibility index (Phi) is 3.63. The molecule has 27 heavy (non-hydrogen) atoms. The number of fused-ring (bicyclic) bond motifs is 2. The Morgan fingerprint density at radius 2 is 2.26 bits per heavy atom. The molecule has 1 saturated heterocycles. The quantitative estimate of drug-likeness (QED) is 0.618. The van der Waals surface area contributed by atoms with Crippen LogP contribution in [-0.2, 0) is 11.2 Å². The van der Waals surface area contributed by atoms with Crippen LogP contribution in [0.5, 0.6) is 0 Å². The van der Waals surface area contributed by atoms with Crippen LogP contribution >= 0.6 is 0 Å². The van der Waals surface area contributed by atoms with Crippen LogP contribution in [0.15, 0.2) is 24.5 Å². The minimum atomic E-state index is 0.173. The van der Waals surface area contributed by atoms with Gasteiger partial charge >= 0.3 is 0 Å². The summed E-state index contributed by atoms with van der Waals surface area (Å²) in [6.45, 7) is 4.27. The fourth-order valence-corrected chi connectivity index (χ4v) is 4.08. The molecule has 0 bridgehead atoms. The van der Waals surface area contributed by atoms with E-state index in [9.17, 15) is 0 Å². The second kappa shape index (κ2) is 5.94. The van der Waals surface area contributed by atoms with Crippen molar-refractivity contribution >= 4 is 17.4 Å². The van der Waals surface area contributed by atoms with E-state index in [0.29, 0.717) is 11.7 Å². The lowest BCUT2D eigenvalue weighted by Gasteiger charge is -2.14. The van der Waals surface area contributed by atoms with Crippen LogP contribution in [0.25, 0.3) is 23.0 Å². The molecule has 1 fully saturated rings.